The summed E-state index contributed by atoms with van der Waals surface area (Å²) in [5.41, 5.74) is 2.97. The molecule has 0 aliphatic carbocycles. The first kappa shape index (κ1) is 20.4. The van der Waals surface area contributed by atoms with Gasteiger partial charge in [-0.15, -0.1) is 21.5 Å². The van der Waals surface area contributed by atoms with Gasteiger partial charge in [-0.05, 0) is 35.9 Å². The van der Waals surface area contributed by atoms with Crippen LogP contribution >= 0.6 is 50.8 Å². The van der Waals surface area contributed by atoms with Gasteiger partial charge in [0.1, 0.15) is 6.33 Å². The average Bonchev–Trinajstić information content (AvgIpc) is 3.31. The number of carbonyl (C=O) groups is 1. The van der Waals surface area contributed by atoms with E-state index in [1.54, 1.807) is 34.0 Å². The molecule has 0 saturated heterocycles. The second-order valence-electron chi connectivity index (χ2n) is 6.14. The smallest absolute Gasteiger partial charge is 0.234 e. The number of thiazole rings is 1. The summed E-state index contributed by atoms with van der Waals surface area (Å²) in [4.78, 5) is 16.9. The fraction of sp³-hybridized carbons (Fsp3) is 0.158. The molecule has 0 radical (unpaired) electrons. The van der Waals surface area contributed by atoms with E-state index in [2.05, 4.69) is 48.6 Å². The number of aromatic nitrogens is 4. The number of benzene rings is 2. The van der Waals surface area contributed by atoms with Crippen molar-refractivity contribution in [2.75, 3.05) is 11.1 Å². The predicted molar refractivity (Wildman–Crippen MR) is 124 cm³/mol. The van der Waals surface area contributed by atoms with E-state index < -0.39 is 0 Å². The number of nitrogens with one attached hydrogen (secondary N) is 1. The molecule has 0 unspecified atom stereocenters. The first-order valence-corrected chi connectivity index (χ1v) is 12.2. The highest BCUT2D eigenvalue weighted by molar-refractivity contribution is 9.10. The standard InChI is InChI=1S/C19H16BrN5OS3/c1-25-11-21-24-18(25)27-10-17(26)22-14-6-7-15-16(8-14)29-19(23-15)28-9-12-2-4-13(20)5-3-12/h2-8,11H,9-10H2,1H3,(H,22,26). The van der Waals surface area contributed by atoms with Gasteiger partial charge < -0.3 is 9.88 Å². The first-order valence-electron chi connectivity index (χ1n) is 8.61. The minimum atomic E-state index is -0.0771. The Morgan fingerprint density at radius 1 is 1.21 bits per heavy atom. The van der Waals surface area contributed by atoms with Crippen molar-refractivity contribution in [2.24, 2.45) is 7.05 Å². The summed E-state index contributed by atoms with van der Waals surface area (Å²) in [6.45, 7) is 0. The van der Waals surface area contributed by atoms with Crippen LogP contribution in [0.1, 0.15) is 5.56 Å². The van der Waals surface area contributed by atoms with E-state index in [1.165, 1.54) is 17.3 Å². The van der Waals surface area contributed by atoms with Gasteiger partial charge in [-0.2, -0.15) is 0 Å². The summed E-state index contributed by atoms with van der Waals surface area (Å²) in [5, 5.41) is 11.4. The predicted octanol–water partition coefficient (Wildman–Crippen LogP) is 5.21. The molecule has 6 nitrogen and oxygen atoms in total. The Kier molecular flexibility index (Phi) is 6.53. The Hall–Kier alpha value is -1.88. The molecule has 0 aliphatic rings. The number of carbonyl (C=O) groups excluding carboxylic acids is 1. The Morgan fingerprint density at radius 3 is 2.79 bits per heavy atom. The van der Waals surface area contributed by atoms with E-state index >= 15 is 0 Å². The Labute approximate surface area is 188 Å². The van der Waals surface area contributed by atoms with Crippen molar-refractivity contribution in [1.29, 1.82) is 0 Å². The van der Waals surface area contributed by atoms with E-state index in [9.17, 15) is 4.79 Å². The van der Waals surface area contributed by atoms with Crippen molar-refractivity contribution >= 4 is 72.6 Å². The molecule has 0 saturated carbocycles. The van der Waals surface area contributed by atoms with Gasteiger partial charge >= 0.3 is 0 Å². The highest BCUT2D eigenvalue weighted by Gasteiger charge is 2.10. The summed E-state index contributed by atoms with van der Waals surface area (Å²) in [7, 11) is 1.85. The lowest BCUT2D eigenvalue weighted by molar-refractivity contribution is -0.113. The van der Waals surface area contributed by atoms with Crippen molar-refractivity contribution in [3.05, 3.63) is 58.8 Å². The molecule has 4 rings (SSSR count). The number of fused-ring (bicyclic) bond motifs is 1. The van der Waals surface area contributed by atoms with Gasteiger partial charge in [0, 0.05) is 23.0 Å². The van der Waals surface area contributed by atoms with E-state index in [-0.39, 0.29) is 11.7 Å². The minimum absolute atomic E-state index is 0.0771. The van der Waals surface area contributed by atoms with Gasteiger partial charge in [0.25, 0.3) is 0 Å². The lowest BCUT2D eigenvalue weighted by atomic mass is 10.2. The van der Waals surface area contributed by atoms with Crippen molar-refractivity contribution < 1.29 is 4.79 Å². The van der Waals surface area contributed by atoms with Crippen molar-refractivity contribution in [3.8, 4) is 0 Å². The van der Waals surface area contributed by atoms with E-state index in [0.29, 0.717) is 5.16 Å². The molecule has 0 fully saturated rings. The van der Waals surface area contributed by atoms with Crippen LogP contribution in [0.3, 0.4) is 0 Å². The Bertz CT molecular complexity index is 1140. The van der Waals surface area contributed by atoms with Gasteiger partial charge in [-0.1, -0.05) is 51.6 Å². The number of hydrogen-bond donors (Lipinski definition) is 1. The Morgan fingerprint density at radius 2 is 2.03 bits per heavy atom. The van der Waals surface area contributed by atoms with Gasteiger partial charge in [-0.25, -0.2) is 4.98 Å². The topological polar surface area (TPSA) is 72.7 Å². The maximum atomic E-state index is 12.2. The maximum Gasteiger partial charge on any atom is 0.234 e. The molecule has 1 amide bonds. The first-order chi connectivity index (χ1) is 14.1. The molecule has 0 atom stereocenters. The van der Waals surface area contributed by atoms with Crippen LogP contribution in [0.15, 0.2) is 62.8 Å². The molecule has 10 heteroatoms. The number of nitrogens with zero attached hydrogens (tertiary/aromatic N) is 4. The van der Waals surface area contributed by atoms with Crippen LogP contribution in [0, 0.1) is 0 Å². The second kappa shape index (κ2) is 9.29. The number of anilines is 1. The van der Waals surface area contributed by atoms with E-state index in [4.69, 9.17) is 0 Å². The summed E-state index contributed by atoms with van der Waals surface area (Å²) in [6, 6.07) is 14.1. The molecule has 148 valence electrons. The van der Waals surface area contributed by atoms with Crippen molar-refractivity contribution in [3.63, 3.8) is 0 Å². The molecule has 0 aliphatic heterocycles. The zero-order valence-electron chi connectivity index (χ0n) is 15.3. The molecular weight excluding hydrogens is 490 g/mol. The summed E-state index contributed by atoms with van der Waals surface area (Å²) < 4.78 is 4.94. The van der Waals surface area contributed by atoms with Crippen molar-refractivity contribution in [2.45, 2.75) is 15.2 Å². The van der Waals surface area contributed by atoms with Crippen molar-refractivity contribution in [1.82, 2.24) is 19.7 Å². The number of amides is 1. The molecule has 1 N–H and O–H groups in total. The van der Waals surface area contributed by atoms with Crippen LogP contribution in [0.5, 0.6) is 0 Å². The van der Waals surface area contributed by atoms with Crippen LogP contribution in [0.4, 0.5) is 5.69 Å². The van der Waals surface area contributed by atoms with E-state index in [1.807, 2.05) is 37.4 Å². The maximum absolute atomic E-state index is 12.2. The van der Waals surface area contributed by atoms with Gasteiger partial charge in [0.05, 0.1) is 16.0 Å². The minimum Gasteiger partial charge on any atom is -0.325 e. The SMILES string of the molecule is Cn1cnnc1SCC(=O)Nc1ccc2nc(SCc3ccc(Br)cc3)sc2c1. The largest absolute Gasteiger partial charge is 0.325 e. The second-order valence-corrected chi connectivity index (χ2v) is 10.2. The Balaban J connectivity index is 1.36. The summed E-state index contributed by atoms with van der Waals surface area (Å²) in [5.74, 6) is 1.07. The van der Waals surface area contributed by atoms with Crippen LogP contribution in [-0.2, 0) is 17.6 Å². The molecule has 29 heavy (non-hydrogen) atoms. The number of aryl methyl sites for hydroxylation is 1. The molecular formula is C19H16BrN5OS3. The third-order valence-corrected chi connectivity index (χ3v) is 7.73. The number of halogens is 1. The monoisotopic (exact) mass is 505 g/mol. The molecule has 2 aromatic carbocycles. The third-order valence-electron chi connectivity index (χ3n) is 3.93. The zero-order valence-corrected chi connectivity index (χ0v) is 19.4. The van der Waals surface area contributed by atoms with Crippen LogP contribution < -0.4 is 5.32 Å². The van der Waals surface area contributed by atoms with Gasteiger partial charge in [-0.3, -0.25) is 4.79 Å². The zero-order chi connectivity index (χ0) is 20.2. The number of hydrogen-bond acceptors (Lipinski definition) is 7. The number of thioether (sulfide) groups is 2. The summed E-state index contributed by atoms with van der Waals surface area (Å²) in [6.07, 6.45) is 1.62. The lowest BCUT2D eigenvalue weighted by Gasteiger charge is -2.04. The van der Waals surface area contributed by atoms with E-state index in [0.717, 1.165) is 30.5 Å². The fourth-order valence-corrected chi connectivity index (χ4v) is 5.52. The van der Waals surface area contributed by atoms with Gasteiger partial charge in [0.15, 0.2) is 9.50 Å². The average molecular weight is 506 g/mol. The molecule has 2 heterocycles. The molecule has 0 spiro atoms. The van der Waals surface area contributed by atoms with Gasteiger partial charge in [0.2, 0.25) is 5.91 Å². The van der Waals surface area contributed by atoms with Crippen LogP contribution in [-0.4, -0.2) is 31.4 Å². The molecule has 4 aromatic rings. The van der Waals surface area contributed by atoms with Crippen LogP contribution in [0.25, 0.3) is 10.2 Å². The highest BCUT2D eigenvalue weighted by atomic mass is 79.9. The molecule has 2 aromatic heterocycles. The number of rotatable bonds is 7. The van der Waals surface area contributed by atoms with Crippen LogP contribution in [0.2, 0.25) is 0 Å². The summed E-state index contributed by atoms with van der Waals surface area (Å²) >= 11 is 8.17. The normalized spacial score (nSPS) is 11.1. The quantitative estimate of drug-likeness (QED) is 0.347. The fourth-order valence-electron chi connectivity index (χ4n) is 2.50. The molecule has 0 bridgehead atoms. The lowest BCUT2D eigenvalue weighted by Crippen LogP contribution is -2.14. The highest BCUT2D eigenvalue weighted by Crippen LogP contribution is 2.33. The third kappa shape index (κ3) is 5.39.